The summed E-state index contributed by atoms with van der Waals surface area (Å²) in [5, 5.41) is 2.72. The first-order valence-corrected chi connectivity index (χ1v) is 9.82. The van der Waals surface area contributed by atoms with Gasteiger partial charge in [0.25, 0.3) is 0 Å². The van der Waals surface area contributed by atoms with Crippen LogP contribution in [0.5, 0.6) is 0 Å². The molecule has 8 heteroatoms. The number of rotatable bonds is 5. The number of carbonyl (C=O) groups is 2. The van der Waals surface area contributed by atoms with Crippen molar-refractivity contribution in [2.45, 2.75) is 26.1 Å². The van der Waals surface area contributed by atoms with Crippen LogP contribution in [-0.4, -0.2) is 91.1 Å². The van der Waals surface area contributed by atoms with Gasteiger partial charge in [0.05, 0.1) is 25.3 Å². The number of ether oxygens (including phenoxy) is 1. The molecule has 0 spiro atoms. The van der Waals surface area contributed by atoms with Crippen LogP contribution >= 0.6 is 0 Å². The van der Waals surface area contributed by atoms with Crippen molar-refractivity contribution in [1.82, 2.24) is 14.7 Å². The van der Waals surface area contributed by atoms with E-state index in [4.69, 9.17) is 4.74 Å². The maximum absolute atomic E-state index is 13.2. The van der Waals surface area contributed by atoms with Crippen LogP contribution in [0.4, 0.5) is 10.1 Å². The summed E-state index contributed by atoms with van der Waals surface area (Å²) in [4.78, 5) is 30.8. The van der Waals surface area contributed by atoms with E-state index in [0.29, 0.717) is 25.3 Å². The number of piperazine rings is 1. The van der Waals surface area contributed by atoms with Gasteiger partial charge in [0.1, 0.15) is 5.82 Å². The van der Waals surface area contributed by atoms with E-state index < -0.39 is 0 Å². The second kappa shape index (κ2) is 9.45. The van der Waals surface area contributed by atoms with E-state index in [0.717, 1.165) is 26.2 Å². The molecule has 2 aliphatic rings. The SMILES string of the molecule is C[C@@H]1CN(C(=O)CN2CCN(CC(=O)Nc3cccc(F)c3)CC2)C[C@H](C)O1. The summed E-state index contributed by atoms with van der Waals surface area (Å²) in [7, 11) is 0. The highest BCUT2D eigenvalue weighted by Crippen LogP contribution is 2.12. The summed E-state index contributed by atoms with van der Waals surface area (Å²) in [5.41, 5.74) is 0.461. The molecule has 2 fully saturated rings. The van der Waals surface area contributed by atoms with Gasteiger partial charge in [-0.05, 0) is 32.0 Å². The van der Waals surface area contributed by atoms with Crippen LogP contribution in [0, 0.1) is 5.82 Å². The van der Waals surface area contributed by atoms with Crippen molar-refractivity contribution in [3.8, 4) is 0 Å². The molecular weight excluding hydrogens is 363 g/mol. The van der Waals surface area contributed by atoms with Crippen LogP contribution in [-0.2, 0) is 14.3 Å². The minimum atomic E-state index is -0.375. The normalized spacial score (nSPS) is 24.2. The fourth-order valence-electron chi connectivity index (χ4n) is 3.75. The lowest BCUT2D eigenvalue weighted by Gasteiger charge is -2.38. The van der Waals surface area contributed by atoms with Gasteiger partial charge in [0.2, 0.25) is 11.8 Å². The Bertz CT molecular complexity index is 684. The van der Waals surface area contributed by atoms with Gasteiger partial charge >= 0.3 is 0 Å². The molecule has 2 heterocycles. The summed E-state index contributed by atoms with van der Waals surface area (Å²) in [6.45, 7) is 8.86. The lowest BCUT2D eigenvalue weighted by Crippen LogP contribution is -2.54. The van der Waals surface area contributed by atoms with Gasteiger partial charge in [-0.25, -0.2) is 4.39 Å². The van der Waals surface area contributed by atoms with E-state index in [-0.39, 0.29) is 36.4 Å². The van der Waals surface area contributed by atoms with E-state index in [1.165, 1.54) is 12.1 Å². The predicted octanol–water partition coefficient (Wildman–Crippen LogP) is 1.02. The van der Waals surface area contributed by atoms with Crippen molar-refractivity contribution in [1.29, 1.82) is 0 Å². The number of hydrogen-bond acceptors (Lipinski definition) is 5. The Morgan fingerprint density at radius 3 is 2.29 bits per heavy atom. The lowest BCUT2D eigenvalue weighted by molar-refractivity contribution is -0.144. The first-order chi connectivity index (χ1) is 13.4. The van der Waals surface area contributed by atoms with Crippen LogP contribution < -0.4 is 5.32 Å². The molecule has 0 bridgehead atoms. The molecule has 154 valence electrons. The average Bonchev–Trinajstić information content (AvgIpc) is 2.62. The molecule has 2 aliphatic heterocycles. The molecule has 2 amide bonds. The molecule has 3 rings (SSSR count). The topological polar surface area (TPSA) is 65.1 Å². The Labute approximate surface area is 165 Å². The molecule has 0 aliphatic carbocycles. The highest BCUT2D eigenvalue weighted by Gasteiger charge is 2.28. The van der Waals surface area contributed by atoms with Gasteiger partial charge in [0.15, 0.2) is 0 Å². The van der Waals surface area contributed by atoms with Gasteiger partial charge in [-0.1, -0.05) is 6.07 Å². The third-order valence-corrected chi connectivity index (χ3v) is 5.07. The molecule has 0 unspecified atom stereocenters. The summed E-state index contributed by atoms with van der Waals surface area (Å²) in [5.74, 6) is -0.397. The Morgan fingerprint density at radius 2 is 1.68 bits per heavy atom. The Hall–Kier alpha value is -2.03. The van der Waals surface area contributed by atoms with Gasteiger partial charge in [-0.15, -0.1) is 0 Å². The van der Waals surface area contributed by atoms with Crippen molar-refractivity contribution in [2.75, 3.05) is 57.7 Å². The Kier molecular flexibility index (Phi) is 6.98. The van der Waals surface area contributed by atoms with Crippen molar-refractivity contribution in [3.63, 3.8) is 0 Å². The number of nitrogens with one attached hydrogen (secondary N) is 1. The van der Waals surface area contributed by atoms with Crippen LogP contribution in [0.3, 0.4) is 0 Å². The summed E-state index contributed by atoms with van der Waals surface area (Å²) in [6, 6.07) is 5.87. The smallest absolute Gasteiger partial charge is 0.238 e. The number of benzene rings is 1. The molecular formula is C20H29FN4O3. The van der Waals surface area contributed by atoms with Gasteiger partial charge in [-0.3, -0.25) is 19.4 Å². The summed E-state index contributed by atoms with van der Waals surface area (Å²) >= 11 is 0. The Balaban J connectivity index is 1.39. The van der Waals surface area contributed by atoms with Gasteiger partial charge in [0, 0.05) is 45.0 Å². The molecule has 0 radical (unpaired) electrons. The van der Waals surface area contributed by atoms with Crippen LogP contribution in [0.25, 0.3) is 0 Å². The zero-order valence-electron chi connectivity index (χ0n) is 16.6. The second-order valence-corrected chi connectivity index (χ2v) is 7.67. The van der Waals surface area contributed by atoms with E-state index in [9.17, 15) is 14.0 Å². The average molecular weight is 392 g/mol. The van der Waals surface area contributed by atoms with E-state index >= 15 is 0 Å². The highest BCUT2D eigenvalue weighted by atomic mass is 19.1. The first-order valence-electron chi connectivity index (χ1n) is 9.82. The van der Waals surface area contributed by atoms with Crippen LogP contribution in [0.2, 0.25) is 0 Å². The molecule has 1 aromatic carbocycles. The molecule has 1 N–H and O–H groups in total. The lowest BCUT2D eigenvalue weighted by atomic mass is 10.2. The van der Waals surface area contributed by atoms with E-state index in [1.807, 2.05) is 18.7 Å². The monoisotopic (exact) mass is 392 g/mol. The molecule has 2 atom stereocenters. The standard InChI is InChI=1S/C20H29FN4O3/c1-15-11-25(12-16(2)28-15)20(27)14-24-8-6-23(7-9-24)13-19(26)22-18-5-3-4-17(21)10-18/h3-5,10,15-16H,6-9,11-14H2,1-2H3,(H,22,26)/t15-,16+. The van der Waals surface area contributed by atoms with Crippen molar-refractivity contribution >= 4 is 17.5 Å². The number of anilines is 1. The highest BCUT2D eigenvalue weighted by molar-refractivity contribution is 5.92. The molecule has 1 aromatic rings. The molecule has 28 heavy (non-hydrogen) atoms. The van der Waals surface area contributed by atoms with Crippen molar-refractivity contribution < 1.29 is 18.7 Å². The predicted molar refractivity (Wildman–Crippen MR) is 104 cm³/mol. The minimum Gasteiger partial charge on any atom is -0.372 e. The number of carbonyl (C=O) groups excluding carboxylic acids is 2. The largest absolute Gasteiger partial charge is 0.372 e. The minimum absolute atomic E-state index is 0.0705. The third kappa shape index (κ3) is 5.98. The fourth-order valence-corrected chi connectivity index (χ4v) is 3.75. The number of nitrogens with zero attached hydrogens (tertiary/aromatic N) is 3. The van der Waals surface area contributed by atoms with Crippen molar-refractivity contribution in [2.24, 2.45) is 0 Å². The van der Waals surface area contributed by atoms with E-state index in [2.05, 4.69) is 15.1 Å². The van der Waals surface area contributed by atoms with Crippen molar-refractivity contribution in [3.05, 3.63) is 30.1 Å². The second-order valence-electron chi connectivity index (χ2n) is 7.67. The summed E-state index contributed by atoms with van der Waals surface area (Å²) in [6.07, 6.45) is 0.141. The number of hydrogen-bond donors (Lipinski definition) is 1. The van der Waals surface area contributed by atoms with Gasteiger partial charge < -0.3 is 15.0 Å². The quantitative estimate of drug-likeness (QED) is 0.811. The molecule has 2 saturated heterocycles. The molecule has 0 aromatic heterocycles. The summed E-state index contributed by atoms with van der Waals surface area (Å²) < 4.78 is 18.9. The maximum atomic E-state index is 13.2. The molecule has 7 nitrogen and oxygen atoms in total. The molecule has 0 saturated carbocycles. The zero-order chi connectivity index (χ0) is 20.1. The van der Waals surface area contributed by atoms with Crippen LogP contribution in [0.1, 0.15) is 13.8 Å². The number of halogens is 1. The van der Waals surface area contributed by atoms with E-state index in [1.54, 1.807) is 12.1 Å². The fraction of sp³-hybridized carbons (Fsp3) is 0.600. The zero-order valence-corrected chi connectivity index (χ0v) is 16.6. The Morgan fingerprint density at radius 1 is 1.07 bits per heavy atom. The third-order valence-electron chi connectivity index (χ3n) is 5.07. The van der Waals surface area contributed by atoms with Crippen LogP contribution in [0.15, 0.2) is 24.3 Å². The maximum Gasteiger partial charge on any atom is 0.238 e. The number of amides is 2. The number of morpholine rings is 1. The first kappa shape index (κ1) is 20.7. The van der Waals surface area contributed by atoms with Gasteiger partial charge in [-0.2, -0.15) is 0 Å².